The van der Waals surface area contributed by atoms with Gasteiger partial charge in [-0.05, 0) is 49.3 Å². The lowest BCUT2D eigenvalue weighted by atomic mass is 9.87. The summed E-state index contributed by atoms with van der Waals surface area (Å²) in [5, 5.41) is 6.90. The molecule has 0 aliphatic heterocycles. The highest BCUT2D eigenvalue weighted by molar-refractivity contribution is 5.80. The van der Waals surface area contributed by atoms with Gasteiger partial charge in [0, 0.05) is 19.6 Å². The number of hydrogen-bond donors (Lipinski definition) is 2. The molecule has 1 aliphatic carbocycles. The molecule has 0 spiro atoms. The molecule has 0 unspecified atom stereocenters. The molecule has 1 aromatic rings. The van der Waals surface area contributed by atoms with Crippen molar-refractivity contribution < 1.29 is 14.2 Å². The summed E-state index contributed by atoms with van der Waals surface area (Å²) in [6.45, 7) is 2.95. The third-order valence-corrected chi connectivity index (χ3v) is 4.76. The van der Waals surface area contributed by atoms with Crippen molar-refractivity contribution in [2.24, 2.45) is 10.9 Å². The van der Waals surface area contributed by atoms with E-state index in [1.54, 1.807) is 28.4 Å². The van der Waals surface area contributed by atoms with Gasteiger partial charge in [-0.1, -0.05) is 6.92 Å². The fourth-order valence-corrected chi connectivity index (χ4v) is 3.22. The van der Waals surface area contributed by atoms with Crippen LogP contribution in [0.4, 0.5) is 0 Å². The monoisotopic (exact) mass is 349 g/mol. The Morgan fingerprint density at radius 1 is 1.04 bits per heavy atom. The first-order valence-electron chi connectivity index (χ1n) is 8.87. The van der Waals surface area contributed by atoms with Crippen LogP contribution < -0.4 is 24.8 Å². The molecule has 2 rings (SSSR count). The molecule has 0 amide bonds. The van der Waals surface area contributed by atoms with E-state index in [0.29, 0.717) is 29.8 Å². The number of methoxy groups -OCH3 is 3. The molecular formula is C19H31N3O3. The summed E-state index contributed by atoms with van der Waals surface area (Å²) >= 11 is 0. The van der Waals surface area contributed by atoms with Crippen LogP contribution >= 0.6 is 0 Å². The summed E-state index contributed by atoms with van der Waals surface area (Å²) in [4.78, 5) is 4.34. The third-order valence-electron chi connectivity index (χ3n) is 4.76. The Morgan fingerprint density at radius 2 is 1.64 bits per heavy atom. The fourth-order valence-electron chi connectivity index (χ4n) is 3.22. The molecule has 0 aromatic heterocycles. The summed E-state index contributed by atoms with van der Waals surface area (Å²) < 4.78 is 16.2. The largest absolute Gasteiger partial charge is 0.493 e. The number of aliphatic imine (C=N–C) groups is 1. The quantitative estimate of drug-likeness (QED) is 0.611. The first kappa shape index (κ1) is 19.2. The van der Waals surface area contributed by atoms with Crippen molar-refractivity contribution in [2.75, 3.05) is 28.4 Å². The highest BCUT2D eigenvalue weighted by atomic mass is 16.5. The predicted molar refractivity (Wildman–Crippen MR) is 101 cm³/mol. The average Bonchev–Trinajstić information content (AvgIpc) is 2.65. The number of nitrogens with zero attached hydrogens (tertiary/aromatic N) is 1. The second kappa shape index (κ2) is 9.39. The molecule has 1 aromatic carbocycles. The summed E-state index contributed by atoms with van der Waals surface area (Å²) in [7, 11) is 6.66. The van der Waals surface area contributed by atoms with Gasteiger partial charge >= 0.3 is 0 Å². The number of hydrogen-bond acceptors (Lipinski definition) is 4. The highest BCUT2D eigenvalue weighted by Gasteiger charge is 2.19. The molecule has 1 saturated carbocycles. The molecular weight excluding hydrogens is 318 g/mol. The summed E-state index contributed by atoms with van der Waals surface area (Å²) in [5.41, 5.74) is 1.04. The van der Waals surface area contributed by atoms with Crippen molar-refractivity contribution in [2.45, 2.75) is 45.2 Å². The van der Waals surface area contributed by atoms with Crippen molar-refractivity contribution in [3.8, 4) is 17.2 Å². The van der Waals surface area contributed by atoms with E-state index in [1.807, 2.05) is 12.1 Å². The predicted octanol–water partition coefficient (Wildman–Crippen LogP) is 2.96. The SMILES string of the molecule is CN=C(NCc1cc(OC)c(OC)c(OC)c1)NC1CCC(C)CC1. The van der Waals surface area contributed by atoms with E-state index >= 15 is 0 Å². The van der Waals surface area contributed by atoms with E-state index in [-0.39, 0.29) is 0 Å². The lowest BCUT2D eigenvalue weighted by Crippen LogP contribution is -2.44. The van der Waals surface area contributed by atoms with Crippen molar-refractivity contribution in [1.29, 1.82) is 0 Å². The molecule has 0 atom stereocenters. The normalized spacial score (nSPS) is 20.8. The molecule has 0 saturated heterocycles. The Balaban J connectivity index is 1.99. The molecule has 1 fully saturated rings. The van der Waals surface area contributed by atoms with Crippen LogP contribution in [0.2, 0.25) is 0 Å². The minimum atomic E-state index is 0.502. The van der Waals surface area contributed by atoms with Gasteiger partial charge in [-0.25, -0.2) is 0 Å². The van der Waals surface area contributed by atoms with Gasteiger partial charge in [0.05, 0.1) is 21.3 Å². The van der Waals surface area contributed by atoms with Gasteiger partial charge in [0.2, 0.25) is 5.75 Å². The van der Waals surface area contributed by atoms with Gasteiger partial charge in [0.1, 0.15) is 0 Å². The zero-order chi connectivity index (χ0) is 18.2. The Bertz CT molecular complexity index is 556. The maximum atomic E-state index is 5.41. The standard InChI is InChI=1S/C19H31N3O3/c1-13-6-8-15(9-7-13)22-19(20-2)21-12-14-10-16(23-3)18(25-5)17(11-14)24-4/h10-11,13,15H,6-9,12H2,1-5H3,(H2,20,21,22). The summed E-state index contributed by atoms with van der Waals surface area (Å²) in [5.74, 6) is 3.58. The first-order chi connectivity index (χ1) is 12.1. The summed E-state index contributed by atoms with van der Waals surface area (Å²) in [6.07, 6.45) is 4.96. The molecule has 25 heavy (non-hydrogen) atoms. The van der Waals surface area contributed by atoms with Gasteiger partial charge < -0.3 is 24.8 Å². The highest BCUT2D eigenvalue weighted by Crippen LogP contribution is 2.38. The minimum absolute atomic E-state index is 0.502. The van der Waals surface area contributed by atoms with Crippen molar-refractivity contribution in [3.63, 3.8) is 0 Å². The van der Waals surface area contributed by atoms with Crippen LogP contribution in [0.25, 0.3) is 0 Å². The molecule has 6 heteroatoms. The molecule has 0 heterocycles. The second-order valence-electron chi connectivity index (χ2n) is 6.56. The van der Waals surface area contributed by atoms with E-state index in [4.69, 9.17) is 14.2 Å². The number of benzene rings is 1. The van der Waals surface area contributed by atoms with Crippen LogP contribution in [0.15, 0.2) is 17.1 Å². The van der Waals surface area contributed by atoms with Crippen molar-refractivity contribution >= 4 is 5.96 Å². The van der Waals surface area contributed by atoms with Crippen molar-refractivity contribution in [1.82, 2.24) is 10.6 Å². The Labute approximate surface area is 151 Å². The van der Waals surface area contributed by atoms with Crippen LogP contribution in [0.5, 0.6) is 17.2 Å². The van der Waals surface area contributed by atoms with Crippen LogP contribution in [-0.2, 0) is 6.54 Å². The number of ether oxygens (including phenoxy) is 3. The van der Waals surface area contributed by atoms with Gasteiger partial charge in [0.25, 0.3) is 0 Å². The van der Waals surface area contributed by atoms with Gasteiger partial charge in [-0.2, -0.15) is 0 Å². The average molecular weight is 349 g/mol. The molecule has 1 aliphatic rings. The molecule has 0 radical (unpaired) electrons. The molecule has 6 nitrogen and oxygen atoms in total. The lowest BCUT2D eigenvalue weighted by molar-refractivity contribution is 0.323. The Kier molecular flexibility index (Phi) is 7.22. The van der Waals surface area contributed by atoms with E-state index in [1.165, 1.54) is 25.7 Å². The Hall–Kier alpha value is -2.11. The van der Waals surface area contributed by atoms with E-state index in [0.717, 1.165) is 17.4 Å². The Morgan fingerprint density at radius 3 is 2.12 bits per heavy atom. The van der Waals surface area contributed by atoms with Crippen LogP contribution in [0.3, 0.4) is 0 Å². The topological polar surface area (TPSA) is 64.1 Å². The number of rotatable bonds is 6. The van der Waals surface area contributed by atoms with E-state index in [2.05, 4.69) is 22.5 Å². The smallest absolute Gasteiger partial charge is 0.203 e. The molecule has 2 N–H and O–H groups in total. The maximum Gasteiger partial charge on any atom is 0.203 e. The fraction of sp³-hybridized carbons (Fsp3) is 0.632. The van der Waals surface area contributed by atoms with Gasteiger partial charge in [-0.3, -0.25) is 4.99 Å². The van der Waals surface area contributed by atoms with Crippen molar-refractivity contribution in [3.05, 3.63) is 17.7 Å². The zero-order valence-corrected chi connectivity index (χ0v) is 16.0. The number of nitrogens with one attached hydrogen (secondary N) is 2. The van der Waals surface area contributed by atoms with Crippen LogP contribution in [0, 0.1) is 5.92 Å². The third kappa shape index (κ3) is 5.18. The maximum absolute atomic E-state index is 5.41. The van der Waals surface area contributed by atoms with Crippen LogP contribution in [-0.4, -0.2) is 40.4 Å². The number of guanidine groups is 1. The van der Waals surface area contributed by atoms with E-state index < -0.39 is 0 Å². The van der Waals surface area contributed by atoms with Gasteiger partial charge in [0.15, 0.2) is 17.5 Å². The lowest BCUT2D eigenvalue weighted by Gasteiger charge is -2.28. The zero-order valence-electron chi connectivity index (χ0n) is 16.0. The molecule has 140 valence electrons. The second-order valence-corrected chi connectivity index (χ2v) is 6.56. The first-order valence-corrected chi connectivity index (χ1v) is 8.87. The minimum Gasteiger partial charge on any atom is -0.493 e. The summed E-state index contributed by atoms with van der Waals surface area (Å²) in [6, 6.07) is 4.40. The van der Waals surface area contributed by atoms with E-state index in [9.17, 15) is 0 Å². The molecule has 0 bridgehead atoms. The van der Waals surface area contributed by atoms with Crippen LogP contribution in [0.1, 0.15) is 38.2 Å². The van der Waals surface area contributed by atoms with Gasteiger partial charge in [-0.15, -0.1) is 0 Å².